The summed E-state index contributed by atoms with van der Waals surface area (Å²) < 4.78 is 0. The van der Waals surface area contributed by atoms with Crippen LogP contribution in [0.5, 0.6) is 5.75 Å². The number of hydrogen-bond donors (Lipinski definition) is 2. The summed E-state index contributed by atoms with van der Waals surface area (Å²) in [4.78, 5) is 11.9. The number of aryl methyl sites for hydroxylation is 1. The van der Waals surface area contributed by atoms with E-state index in [4.69, 9.17) is 11.6 Å². The zero-order valence-electron chi connectivity index (χ0n) is 9.74. The van der Waals surface area contributed by atoms with Gasteiger partial charge in [-0.25, -0.2) is 0 Å². The fourth-order valence-corrected chi connectivity index (χ4v) is 2.56. The van der Waals surface area contributed by atoms with Crippen LogP contribution >= 0.6 is 22.9 Å². The van der Waals surface area contributed by atoms with E-state index in [1.165, 1.54) is 12.1 Å². The molecule has 1 amide bonds. The summed E-state index contributed by atoms with van der Waals surface area (Å²) in [5, 5.41) is 16.8. The lowest BCUT2D eigenvalue weighted by molar-refractivity contribution is 0.0948. The van der Waals surface area contributed by atoms with Crippen LogP contribution in [-0.4, -0.2) is 11.0 Å². The van der Waals surface area contributed by atoms with Gasteiger partial charge in [0.15, 0.2) is 0 Å². The van der Waals surface area contributed by atoms with Crippen LogP contribution in [0.1, 0.15) is 21.5 Å². The minimum atomic E-state index is -0.310. The Morgan fingerprint density at radius 1 is 1.44 bits per heavy atom. The highest BCUT2D eigenvalue weighted by Crippen LogP contribution is 2.22. The van der Waals surface area contributed by atoms with Gasteiger partial charge in [0.05, 0.1) is 5.56 Å². The maximum atomic E-state index is 11.9. The molecule has 3 nitrogen and oxygen atoms in total. The molecule has 0 aliphatic carbocycles. The molecule has 5 heteroatoms. The van der Waals surface area contributed by atoms with Crippen LogP contribution in [0.25, 0.3) is 0 Å². The second-order valence-electron chi connectivity index (χ2n) is 3.92. The summed E-state index contributed by atoms with van der Waals surface area (Å²) in [5.41, 5.74) is 2.47. The average Bonchev–Trinajstić information content (AvgIpc) is 2.72. The number of hydrogen-bond acceptors (Lipinski definition) is 3. The fraction of sp³-hybridized carbons (Fsp3) is 0.154. The van der Waals surface area contributed by atoms with E-state index >= 15 is 0 Å². The van der Waals surface area contributed by atoms with Gasteiger partial charge in [0.1, 0.15) is 5.75 Å². The molecule has 18 heavy (non-hydrogen) atoms. The molecule has 1 aromatic heterocycles. The number of nitrogens with one attached hydrogen (secondary N) is 1. The number of halogens is 1. The first-order valence-corrected chi connectivity index (χ1v) is 6.68. The molecule has 94 valence electrons. The summed E-state index contributed by atoms with van der Waals surface area (Å²) in [5.74, 6) is -0.420. The van der Waals surface area contributed by atoms with Crippen LogP contribution in [0.3, 0.4) is 0 Å². The van der Waals surface area contributed by atoms with Crippen molar-refractivity contribution in [1.29, 1.82) is 0 Å². The molecule has 0 aliphatic rings. The van der Waals surface area contributed by atoms with E-state index in [0.29, 0.717) is 11.6 Å². The molecule has 0 radical (unpaired) electrons. The fourth-order valence-electron chi connectivity index (χ4n) is 1.54. The third kappa shape index (κ3) is 2.83. The molecular weight excluding hydrogens is 270 g/mol. The first-order chi connectivity index (χ1) is 8.58. The van der Waals surface area contributed by atoms with Gasteiger partial charge in [-0.1, -0.05) is 11.6 Å². The van der Waals surface area contributed by atoms with Gasteiger partial charge in [0, 0.05) is 11.6 Å². The Labute approximate surface area is 114 Å². The standard InChI is InChI=1S/C13H12ClNO2S/c1-8-6-18-7-9(8)5-15-13(17)11-3-2-10(14)4-12(11)16/h2-4,6-7,16H,5H2,1H3,(H,15,17). The zero-order valence-corrected chi connectivity index (χ0v) is 11.3. The number of benzene rings is 1. The molecule has 0 fully saturated rings. The first kappa shape index (κ1) is 12.9. The van der Waals surface area contributed by atoms with E-state index in [-0.39, 0.29) is 17.2 Å². The number of amides is 1. The normalized spacial score (nSPS) is 10.3. The van der Waals surface area contributed by atoms with E-state index in [2.05, 4.69) is 5.32 Å². The lowest BCUT2D eigenvalue weighted by atomic mass is 10.1. The minimum Gasteiger partial charge on any atom is -0.507 e. The van der Waals surface area contributed by atoms with Crippen molar-refractivity contribution < 1.29 is 9.90 Å². The van der Waals surface area contributed by atoms with Crippen LogP contribution < -0.4 is 5.32 Å². The van der Waals surface area contributed by atoms with Crippen molar-refractivity contribution in [3.8, 4) is 5.75 Å². The van der Waals surface area contributed by atoms with Gasteiger partial charge in [0.2, 0.25) is 0 Å². The summed E-state index contributed by atoms with van der Waals surface area (Å²) >= 11 is 7.31. The minimum absolute atomic E-state index is 0.109. The molecule has 0 unspecified atom stereocenters. The zero-order chi connectivity index (χ0) is 13.1. The Kier molecular flexibility index (Phi) is 3.89. The third-order valence-electron chi connectivity index (χ3n) is 2.61. The number of rotatable bonds is 3. The SMILES string of the molecule is Cc1cscc1CNC(=O)c1ccc(Cl)cc1O. The Morgan fingerprint density at radius 2 is 2.22 bits per heavy atom. The van der Waals surface area contributed by atoms with Crippen LogP contribution in [0.15, 0.2) is 29.0 Å². The predicted octanol–water partition coefficient (Wildman–Crippen LogP) is 3.35. The Hall–Kier alpha value is -1.52. The van der Waals surface area contributed by atoms with E-state index in [1.54, 1.807) is 17.4 Å². The van der Waals surface area contributed by atoms with E-state index in [0.717, 1.165) is 11.1 Å². The lowest BCUT2D eigenvalue weighted by Gasteiger charge is -2.07. The molecule has 0 saturated carbocycles. The Balaban J connectivity index is 2.06. The highest BCUT2D eigenvalue weighted by Gasteiger charge is 2.11. The number of thiophene rings is 1. The quantitative estimate of drug-likeness (QED) is 0.906. The summed E-state index contributed by atoms with van der Waals surface area (Å²) in [6.07, 6.45) is 0. The maximum Gasteiger partial charge on any atom is 0.255 e. The summed E-state index contributed by atoms with van der Waals surface area (Å²) in [7, 11) is 0. The van der Waals surface area contributed by atoms with Gasteiger partial charge in [0.25, 0.3) is 5.91 Å². The van der Waals surface area contributed by atoms with Gasteiger partial charge >= 0.3 is 0 Å². The number of phenolic OH excluding ortho intramolecular Hbond substituents is 1. The van der Waals surface area contributed by atoms with Gasteiger partial charge in [-0.2, -0.15) is 11.3 Å². The van der Waals surface area contributed by atoms with Crippen molar-refractivity contribution in [2.24, 2.45) is 0 Å². The van der Waals surface area contributed by atoms with Gasteiger partial charge in [-0.3, -0.25) is 4.79 Å². The van der Waals surface area contributed by atoms with Crippen molar-refractivity contribution in [2.75, 3.05) is 0 Å². The van der Waals surface area contributed by atoms with Crippen molar-refractivity contribution in [1.82, 2.24) is 5.32 Å². The van der Waals surface area contributed by atoms with Crippen LogP contribution in [0.4, 0.5) is 0 Å². The highest BCUT2D eigenvalue weighted by molar-refractivity contribution is 7.08. The molecule has 0 saturated heterocycles. The molecular formula is C13H12ClNO2S. The molecule has 1 aromatic carbocycles. The summed E-state index contributed by atoms with van der Waals surface area (Å²) in [6, 6.07) is 4.44. The molecule has 1 heterocycles. The topological polar surface area (TPSA) is 49.3 Å². The molecule has 0 atom stereocenters. The van der Waals surface area contributed by atoms with Crippen molar-refractivity contribution in [3.63, 3.8) is 0 Å². The Bertz CT molecular complexity index is 580. The van der Waals surface area contributed by atoms with Gasteiger partial charge in [-0.05, 0) is 47.0 Å². The molecule has 0 aliphatic heterocycles. The molecule has 2 aromatic rings. The smallest absolute Gasteiger partial charge is 0.255 e. The number of phenols is 1. The van der Waals surface area contributed by atoms with E-state index < -0.39 is 0 Å². The van der Waals surface area contributed by atoms with Crippen molar-refractivity contribution >= 4 is 28.8 Å². The summed E-state index contributed by atoms with van der Waals surface area (Å²) in [6.45, 7) is 2.45. The largest absolute Gasteiger partial charge is 0.507 e. The molecule has 0 spiro atoms. The molecule has 2 rings (SSSR count). The monoisotopic (exact) mass is 281 g/mol. The highest BCUT2D eigenvalue weighted by atomic mass is 35.5. The van der Waals surface area contributed by atoms with Gasteiger partial charge in [-0.15, -0.1) is 0 Å². The maximum absolute atomic E-state index is 11.9. The van der Waals surface area contributed by atoms with Crippen LogP contribution in [-0.2, 0) is 6.54 Å². The second kappa shape index (κ2) is 5.42. The number of carbonyl (C=O) groups is 1. The third-order valence-corrected chi connectivity index (χ3v) is 3.75. The van der Waals surface area contributed by atoms with E-state index in [9.17, 15) is 9.90 Å². The number of aromatic hydroxyl groups is 1. The van der Waals surface area contributed by atoms with E-state index in [1.807, 2.05) is 17.7 Å². The lowest BCUT2D eigenvalue weighted by Crippen LogP contribution is -2.22. The van der Waals surface area contributed by atoms with Crippen LogP contribution in [0.2, 0.25) is 5.02 Å². The average molecular weight is 282 g/mol. The van der Waals surface area contributed by atoms with Crippen molar-refractivity contribution in [3.05, 3.63) is 50.7 Å². The van der Waals surface area contributed by atoms with Gasteiger partial charge < -0.3 is 10.4 Å². The second-order valence-corrected chi connectivity index (χ2v) is 5.10. The number of carbonyl (C=O) groups excluding carboxylic acids is 1. The first-order valence-electron chi connectivity index (χ1n) is 5.36. The molecule has 0 bridgehead atoms. The van der Waals surface area contributed by atoms with Crippen LogP contribution in [0, 0.1) is 6.92 Å². The Morgan fingerprint density at radius 3 is 2.83 bits per heavy atom. The predicted molar refractivity (Wildman–Crippen MR) is 73.3 cm³/mol. The molecule has 2 N–H and O–H groups in total. The van der Waals surface area contributed by atoms with Crippen molar-refractivity contribution in [2.45, 2.75) is 13.5 Å².